The molecule has 5 nitrogen and oxygen atoms in total. The fraction of sp³-hybridized carbons (Fsp3) is 0.308. The Morgan fingerprint density at radius 2 is 2.05 bits per heavy atom. The Morgan fingerprint density at radius 1 is 1.40 bits per heavy atom. The number of hydrogen-bond acceptors (Lipinski definition) is 3. The van der Waals surface area contributed by atoms with E-state index in [4.69, 9.17) is 11.6 Å². The van der Waals surface area contributed by atoms with E-state index < -0.39 is 11.4 Å². The van der Waals surface area contributed by atoms with Gasteiger partial charge in [0, 0.05) is 14.9 Å². The van der Waals surface area contributed by atoms with E-state index in [0.717, 1.165) is 4.47 Å². The van der Waals surface area contributed by atoms with Gasteiger partial charge in [-0.3, -0.25) is 0 Å². The van der Waals surface area contributed by atoms with Crippen molar-refractivity contribution in [2.24, 2.45) is 0 Å². The van der Waals surface area contributed by atoms with E-state index >= 15 is 0 Å². The van der Waals surface area contributed by atoms with Gasteiger partial charge < -0.3 is 5.11 Å². The lowest BCUT2D eigenvalue weighted by molar-refractivity contribution is 0.0687. The highest BCUT2D eigenvalue weighted by atomic mass is 79.9. The van der Waals surface area contributed by atoms with Crippen molar-refractivity contribution in [1.82, 2.24) is 15.0 Å². The van der Waals surface area contributed by atoms with Crippen LogP contribution in [-0.2, 0) is 5.41 Å². The number of halogens is 2. The van der Waals surface area contributed by atoms with Crippen LogP contribution in [0.2, 0.25) is 5.02 Å². The molecule has 0 fully saturated rings. The van der Waals surface area contributed by atoms with E-state index in [1.807, 2.05) is 20.8 Å². The number of benzene rings is 1. The van der Waals surface area contributed by atoms with E-state index in [9.17, 15) is 9.90 Å². The van der Waals surface area contributed by atoms with Gasteiger partial charge >= 0.3 is 5.97 Å². The van der Waals surface area contributed by atoms with Gasteiger partial charge in [-0.2, -0.15) is 0 Å². The summed E-state index contributed by atoms with van der Waals surface area (Å²) in [5, 5.41) is 17.5. The Bertz CT molecular complexity index is 677. The van der Waals surface area contributed by atoms with Crippen LogP contribution in [0, 0.1) is 0 Å². The molecule has 2 aromatic rings. The Hall–Kier alpha value is -1.40. The molecule has 0 unspecified atom stereocenters. The van der Waals surface area contributed by atoms with Gasteiger partial charge in [-0.1, -0.05) is 37.6 Å². The smallest absolute Gasteiger partial charge is 0.358 e. The van der Waals surface area contributed by atoms with E-state index in [1.54, 1.807) is 18.2 Å². The fourth-order valence-electron chi connectivity index (χ4n) is 1.92. The third kappa shape index (κ3) is 2.71. The molecule has 0 saturated carbocycles. The maximum absolute atomic E-state index is 11.3. The first-order chi connectivity index (χ1) is 9.21. The van der Waals surface area contributed by atoms with Crippen LogP contribution in [0.4, 0.5) is 0 Å². The lowest BCUT2D eigenvalue weighted by atomic mass is 9.90. The summed E-state index contributed by atoms with van der Waals surface area (Å²) in [6, 6.07) is 5.23. The number of rotatable bonds is 2. The molecule has 0 amide bonds. The van der Waals surface area contributed by atoms with Gasteiger partial charge in [-0.25, -0.2) is 9.48 Å². The van der Waals surface area contributed by atoms with Crippen molar-refractivity contribution < 1.29 is 9.90 Å². The number of hydrogen-bond donors (Lipinski definition) is 1. The van der Waals surface area contributed by atoms with Crippen molar-refractivity contribution in [2.75, 3.05) is 0 Å². The second kappa shape index (κ2) is 5.18. The molecule has 0 aliphatic rings. The maximum Gasteiger partial charge on any atom is 0.358 e. The molecule has 7 heteroatoms. The Labute approximate surface area is 129 Å². The number of aromatic nitrogens is 3. The molecule has 0 radical (unpaired) electrons. The quantitative estimate of drug-likeness (QED) is 0.889. The van der Waals surface area contributed by atoms with E-state index in [1.165, 1.54) is 4.68 Å². The molecule has 0 saturated heterocycles. The maximum atomic E-state index is 11.3. The molecule has 0 aliphatic heterocycles. The van der Waals surface area contributed by atoms with Crippen molar-refractivity contribution in [3.63, 3.8) is 0 Å². The average Bonchev–Trinajstić information content (AvgIpc) is 2.76. The van der Waals surface area contributed by atoms with Gasteiger partial charge in [-0.15, -0.1) is 5.10 Å². The number of carboxylic acids is 1. The number of nitrogens with zero attached hydrogens (tertiary/aromatic N) is 3. The van der Waals surface area contributed by atoms with Crippen molar-refractivity contribution in [1.29, 1.82) is 0 Å². The standard InChI is InChI=1S/C13H13BrClN3O2/c1-13(2,3)11-10(12(19)20)16-17-18(11)9-6-7(15)4-5-8(9)14/h4-6H,1-3H3,(H,19,20). The minimum atomic E-state index is -1.10. The van der Waals surface area contributed by atoms with Gasteiger partial charge in [0.2, 0.25) is 0 Å². The molecule has 0 bridgehead atoms. The fourth-order valence-corrected chi connectivity index (χ4v) is 2.50. The Kier molecular flexibility index (Phi) is 3.88. The molecular weight excluding hydrogens is 346 g/mol. The van der Waals surface area contributed by atoms with Crippen LogP contribution in [0.3, 0.4) is 0 Å². The highest BCUT2D eigenvalue weighted by Crippen LogP contribution is 2.31. The molecule has 1 aromatic heterocycles. The molecule has 0 spiro atoms. The van der Waals surface area contributed by atoms with E-state index in [0.29, 0.717) is 16.4 Å². The summed E-state index contributed by atoms with van der Waals surface area (Å²) in [5.74, 6) is -1.10. The van der Waals surface area contributed by atoms with E-state index in [-0.39, 0.29) is 5.69 Å². The molecule has 1 N–H and O–H groups in total. The topological polar surface area (TPSA) is 68.0 Å². The second-order valence-corrected chi connectivity index (χ2v) is 6.64. The summed E-state index contributed by atoms with van der Waals surface area (Å²) in [6.45, 7) is 5.73. The summed E-state index contributed by atoms with van der Waals surface area (Å²) in [7, 11) is 0. The lowest BCUT2D eigenvalue weighted by Gasteiger charge is -2.20. The first-order valence-electron chi connectivity index (χ1n) is 5.86. The molecule has 2 rings (SSSR count). The van der Waals surface area contributed by atoms with Gasteiger partial charge in [0.1, 0.15) is 0 Å². The van der Waals surface area contributed by atoms with Crippen molar-refractivity contribution in [3.8, 4) is 5.69 Å². The normalized spacial score (nSPS) is 11.7. The van der Waals surface area contributed by atoms with Crippen LogP contribution >= 0.6 is 27.5 Å². The number of carboxylic acid groups (broad SMARTS) is 1. The molecule has 1 heterocycles. The summed E-state index contributed by atoms with van der Waals surface area (Å²) >= 11 is 9.42. The Balaban J connectivity index is 2.75. The predicted molar refractivity (Wildman–Crippen MR) is 79.7 cm³/mol. The minimum Gasteiger partial charge on any atom is -0.476 e. The zero-order chi connectivity index (χ0) is 15.1. The average molecular weight is 359 g/mol. The monoisotopic (exact) mass is 357 g/mol. The SMILES string of the molecule is CC(C)(C)c1c(C(=O)O)nnn1-c1cc(Cl)ccc1Br. The van der Waals surface area contributed by atoms with Crippen LogP contribution in [-0.4, -0.2) is 26.1 Å². The lowest BCUT2D eigenvalue weighted by Crippen LogP contribution is -2.21. The van der Waals surface area contributed by atoms with Crippen LogP contribution in [0.5, 0.6) is 0 Å². The largest absolute Gasteiger partial charge is 0.476 e. The summed E-state index contributed by atoms with van der Waals surface area (Å²) in [5.41, 5.74) is 0.693. The highest BCUT2D eigenvalue weighted by Gasteiger charge is 2.30. The van der Waals surface area contributed by atoms with Gasteiger partial charge in [0.05, 0.1) is 11.4 Å². The van der Waals surface area contributed by atoms with Gasteiger partial charge in [0.15, 0.2) is 5.69 Å². The first kappa shape index (κ1) is 15.0. The van der Waals surface area contributed by atoms with Gasteiger partial charge in [-0.05, 0) is 34.1 Å². The molecule has 0 aliphatic carbocycles. The first-order valence-corrected chi connectivity index (χ1v) is 7.04. The van der Waals surface area contributed by atoms with Gasteiger partial charge in [0.25, 0.3) is 0 Å². The summed E-state index contributed by atoms with van der Waals surface area (Å²) in [6.07, 6.45) is 0. The molecule has 20 heavy (non-hydrogen) atoms. The van der Waals surface area contributed by atoms with Crippen LogP contribution in [0.25, 0.3) is 5.69 Å². The Morgan fingerprint density at radius 3 is 2.60 bits per heavy atom. The molecular formula is C13H13BrClN3O2. The summed E-state index contributed by atoms with van der Waals surface area (Å²) in [4.78, 5) is 11.3. The number of aromatic carboxylic acids is 1. The highest BCUT2D eigenvalue weighted by molar-refractivity contribution is 9.10. The summed E-state index contributed by atoms with van der Waals surface area (Å²) < 4.78 is 2.27. The van der Waals surface area contributed by atoms with Crippen LogP contribution in [0.1, 0.15) is 37.0 Å². The van der Waals surface area contributed by atoms with E-state index in [2.05, 4.69) is 26.2 Å². The zero-order valence-electron chi connectivity index (χ0n) is 11.2. The zero-order valence-corrected chi connectivity index (χ0v) is 13.5. The third-order valence-electron chi connectivity index (χ3n) is 2.72. The molecule has 106 valence electrons. The third-order valence-corrected chi connectivity index (χ3v) is 3.63. The molecule has 0 atom stereocenters. The van der Waals surface area contributed by atoms with Crippen LogP contribution < -0.4 is 0 Å². The second-order valence-electron chi connectivity index (χ2n) is 5.35. The van der Waals surface area contributed by atoms with Crippen molar-refractivity contribution >= 4 is 33.5 Å². The van der Waals surface area contributed by atoms with Crippen LogP contribution in [0.15, 0.2) is 22.7 Å². The van der Waals surface area contributed by atoms with Crippen molar-refractivity contribution in [2.45, 2.75) is 26.2 Å². The molecule has 1 aromatic carbocycles. The minimum absolute atomic E-state index is 0.0515. The predicted octanol–water partition coefficient (Wildman–Crippen LogP) is 3.68. The van der Waals surface area contributed by atoms with Crippen molar-refractivity contribution in [3.05, 3.63) is 39.1 Å². The number of carbonyl (C=O) groups is 1.